The Labute approximate surface area is 123 Å². The lowest BCUT2D eigenvalue weighted by molar-refractivity contribution is -0.136. The molecule has 0 saturated carbocycles. The van der Waals surface area contributed by atoms with Crippen LogP contribution in [0.1, 0.15) is 54.1 Å². The summed E-state index contributed by atoms with van der Waals surface area (Å²) in [5, 5.41) is 2.32. The number of hydrogen-bond donors (Lipinski definition) is 1. The number of benzene rings is 1. The molecular weight excluding hydrogens is 268 g/mol. The van der Waals surface area contributed by atoms with Crippen molar-refractivity contribution in [2.24, 2.45) is 0 Å². The van der Waals surface area contributed by atoms with Crippen molar-refractivity contribution >= 4 is 17.7 Å². The van der Waals surface area contributed by atoms with Gasteiger partial charge in [-0.3, -0.25) is 19.7 Å². The Morgan fingerprint density at radius 3 is 2.67 bits per heavy atom. The Bertz CT molecular complexity index is 636. The number of nitrogens with zero attached hydrogens (tertiary/aromatic N) is 1. The van der Waals surface area contributed by atoms with Crippen molar-refractivity contribution in [2.75, 3.05) is 0 Å². The molecule has 1 saturated heterocycles. The van der Waals surface area contributed by atoms with Crippen LogP contribution in [0.25, 0.3) is 0 Å². The highest BCUT2D eigenvalue weighted by Gasteiger charge is 2.39. The quantitative estimate of drug-likeness (QED) is 0.839. The van der Waals surface area contributed by atoms with Gasteiger partial charge in [0.15, 0.2) is 0 Å². The summed E-state index contributed by atoms with van der Waals surface area (Å²) in [7, 11) is 0. The molecular formula is C16H18N2O3. The van der Waals surface area contributed by atoms with E-state index in [9.17, 15) is 14.4 Å². The second-order valence-corrected chi connectivity index (χ2v) is 5.93. The molecule has 1 aromatic rings. The molecule has 2 aliphatic rings. The lowest BCUT2D eigenvalue weighted by Crippen LogP contribution is -2.52. The minimum atomic E-state index is -0.539. The molecule has 0 spiro atoms. The number of rotatable bonds is 2. The summed E-state index contributed by atoms with van der Waals surface area (Å²) in [4.78, 5) is 37.4. The van der Waals surface area contributed by atoms with Crippen LogP contribution in [0.3, 0.4) is 0 Å². The highest BCUT2D eigenvalue weighted by Crippen LogP contribution is 2.32. The largest absolute Gasteiger partial charge is 0.322 e. The fourth-order valence-corrected chi connectivity index (χ4v) is 3.15. The summed E-state index contributed by atoms with van der Waals surface area (Å²) in [5.74, 6) is -0.404. The number of amides is 3. The predicted octanol–water partition coefficient (Wildman–Crippen LogP) is 1.57. The number of nitrogens with one attached hydrogen (secondary N) is 1. The van der Waals surface area contributed by atoms with Crippen molar-refractivity contribution in [3.8, 4) is 0 Å². The fraction of sp³-hybridized carbons (Fsp3) is 0.438. The average Bonchev–Trinajstić information content (AvgIpc) is 2.76. The zero-order chi connectivity index (χ0) is 15.1. The Morgan fingerprint density at radius 1 is 1.24 bits per heavy atom. The van der Waals surface area contributed by atoms with Crippen LogP contribution in [0.4, 0.5) is 0 Å². The monoisotopic (exact) mass is 286 g/mol. The van der Waals surface area contributed by atoms with Crippen LogP contribution in [-0.2, 0) is 16.1 Å². The topological polar surface area (TPSA) is 66.5 Å². The van der Waals surface area contributed by atoms with Crippen molar-refractivity contribution in [1.29, 1.82) is 0 Å². The molecule has 2 heterocycles. The van der Waals surface area contributed by atoms with Crippen molar-refractivity contribution in [3.63, 3.8) is 0 Å². The molecule has 1 fully saturated rings. The average molecular weight is 286 g/mol. The van der Waals surface area contributed by atoms with Crippen LogP contribution >= 0.6 is 0 Å². The van der Waals surface area contributed by atoms with Crippen LogP contribution in [-0.4, -0.2) is 28.7 Å². The molecule has 1 N–H and O–H groups in total. The van der Waals surface area contributed by atoms with Crippen molar-refractivity contribution in [3.05, 3.63) is 34.9 Å². The van der Waals surface area contributed by atoms with Gasteiger partial charge in [0.1, 0.15) is 6.04 Å². The van der Waals surface area contributed by atoms with Crippen LogP contribution in [0.5, 0.6) is 0 Å². The van der Waals surface area contributed by atoms with Crippen molar-refractivity contribution in [2.45, 2.75) is 45.2 Å². The molecule has 110 valence electrons. The second-order valence-electron chi connectivity index (χ2n) is 5.93. The fourth-order valence-electron chi connectivity index (χ4n) is 3.15. The Morgan fingerprint density at radius 2 is 2.00 bits per heavy atom. The summed E-state index contributed by atoms with van der Waals surface area (Å²) in [6.45, 7) is 4.64. The molecule has 21 heavy (non-hydrogen) atoms. The van der Waals surface area contributed by atoms with E-state index in [1.807, 2.05) is 18.2 Å². The lowest BCUT2D eigenvalue weighted by atomic mass is 9.95. The van der Waals surface area contributed by atoms with Crippen LogP contribution in [0, 0.1) is 0 Å². The number of carbonyl (C=O) groups is 3. The molecule has 5 heteroatoms. The third-order valence-corrected chi connectivity index (χ3v) is 4.24. The minimum absolute atomic E-state index is 0.109. The maximum atomic E-state index is 12.6. The standard InChI is InChI=1S/C16H18N2O3/c1-9(2)10-4-3-5-11-12(10)8-18(16(11)21)13-6-7-14(19)17-15(13)20/h3-5,9,13H,6-8H2,1-2H3,(H,17,19,20). The molecule has 3 rings (SSSR count). The van der Waals surface area contributed by atoms with Gasteiger partial charge in [-0.1, -0.05) is 26.0 Å². The van der Waals surface area contributed by atoms with Gasteiger partial charge < -0.3 is 4.90 Å². The first-order chi connectivity index (χ1) is 9.99. The van der Waals surface area contributed by atoms with E-state index in [1.54, 1.807) is 4.90 Å². The van der Waals surface area contributed by atoms with Gasteiger partial charge in [-0.2, -0.15) is 0 Å². The van der Waals surface area contributed by atoms with E-state index >= 15 is 0 Å². The first kappa shape index (κ1) is 13.8. The highest BCUT2D eigenvalue weighted by atomic mass is 16.2. The van der Waals surface area contributed by atoms with Gasteiger partial charge in [-0.05, 0) is 29.5 Å². The van der Waals surface area contributed by atoms with Crippen LogP contribution in [0.15, 0.2) is 18.2 Å². The van der Waals surface area contributed by atoms with E-state index < -0.39 is 6.04 Å². The molecule has 0 aliphatic carbocycles. The number of hydrogen-bond acceptors (Lipinski definition) is 3. The molecule has 0 bridgehead atoms. The number of fused-ring (bicyclic) bond motifs is 1. The molecule has 3 amide bonds. The van der Waals surface area contributed by atoms with E-state index in [0.717, 1.165) is 11.1 Å². The summed E-state index contributed by atoms with van der Waals surface area (Å²) >= 11 is 0. The maximum absolute atomic E-state index is 12.6. The van der Waals surface area contributed by atoms with E-state index in [0.29, 0.717) is 24.4 Å². The normalized spacial score (nSPS) is 21.8. The summed E-state index contributed by atoms with van der Waals surface area (Å²) in [6, 6.07) is 5.20. The Balaban J connectivity index is 1.92. The van der Waals surface area contributed by atoms with Gasteiger partial charge in [0.2, 0.25) is 11.8 Å². The third-order valence-electron chi connectivity index (χ3n) is 4.24. The molecule has 1 unspecified atom stereocenters. The molecule has 0 aromatic heterocycles. The van der Waals surface area contributed by atoms with Gasteiger partial charge in [0.05, 0.1) is 0 Å². The number of piperidine rings is 1. The predicted molar refractivity (Wildman–Crippen MR) is 76.6 cm³/mol. The second kappa shape index (κ2) is 4.98. The number of imide groups is 1. The zero-order valence-corrected chi connectivity index (χ0v) is 12.2. The third kappa shape index (κ3) is 2.22. The number of carbonyl (C=O) groups excluding carboxylic acids is 3. The minimum Gasteiger partial charge on any atom is -0.322 e. The van der Waals surface area contributed by atoms with Crippen molar-refractivity contribution < 1.29 is 14.4 Å². The van der Waals surface area contributed by atoms with Crippen molar-refractivity contribution in [1.82, 2.24) is 10.2 Å². The molecule has 1 atom stereocenters. The zero-order valence-electron chi connectivity index (χ0n) is 12.2. The lowest BCUT2D eigenvalue weighted by Gasteiger charge is -2.29. The van der Waals surface area contributed by atoms with E-state index in [4.69, 9.17) is 0 Å². The van der Waals surface area contributed by atoms with Crippen LogP contribution < -0.4 is 5.32 Å². The highest BCUT2D eigenvalue weighted by molar-refractivity contribution is 6.05. The first-order valence-electron chi connectivity index (χ1n) is 7.25. The van der Waals surface area contributed by atoms with E-state index in [2.05, 4.69) is 19.2 Å². The molecule has 1 aromatic carbocycles. The summed E-state index contributed by atoms with van der Waals surface area (Å²) in [5.41, 5.74) is 2.85. The maximum Gasteiger partial charge on any atom is 0.255 e. The Hall–Kier alpha value is -2.17. The SMILES string of the molecule is CC(C)c1cccc2c1CN(C1CCC(=O)NC1=O)C2=O. The van der Waals surface area contributed by atoms with Gasteiger partial charge in [-0.25, -0.2) is 0 Å². The van der Waals surface area contributed by atoms with Gasteiger partial charge in [0, 0.05) is 18.5 Å². The summed E-state index contributed by atoms with van der Waals surface area (Å²) < 4.78 is 0. The van der Waals surface area contributed by atoms with Gasteiger partial charge in [-0.15, -0.1) is 0 Å². The summed E-state index contributed by atoms with van der Waals surface area (Å²) in [6.07, 6.45) is 0.689. The molecule has 2 aliphatic heterocycles. The van der Waals surface area contributed by atoms with E-state index in [1.165, 1.54) is 0 Å². The smallest absolute Gasteiger partial charge is 0.255 e. The first-order valence-corrected chi connectivity index (χ1v) is 7.25. The van der Waals surface area contributed by atoms with Crippen LogP contribution in [0.2, 0.25) is 0 Å². The van der Waals surface area contributed by atoms with Gasteiger partial charge in [0.25, 0.3) is 5.91 Å². The van der Waals surface area contributed by atoms with Gasteiger partial charge >= 0.3 is 0 Å². The van der Waals surface area contributed by atoms with E-state index in [-0.39, 0.29) is 24.1 Å². The molecule has 0 radical (unpaired) electrons. The molecule has 5 nitrogen and oxygen atoms in total. The Kier molecular flexibility index (Phi) is 3.27.